The van der Waals surface area contributed by atoms with Crippen molar-refractivity contribution in [1.29, 1.82) is 0 Å². The van der Waals surface area contributed by atoms with E-state index in [-0.39, 0.29) is 17.0 Å². The number of nitrogens with zero attached hydrogens (tertiary/aromatic N) is 1. The minimum absolute atomic E-state index is 0. The van der Waals surface area contributed by atoms with Gasteiger partial charge in [-0.3, -0.25) is 0 Å². The van der Waals surface area contributed by atoms with Crippen LogP contribution < -0.4 is 15.9 Å². The summed E-state index contributed by atoms with van der Waals surface area (Å²) < 4.78 is 0. The summed E-state index contributed by atoms with van der Waals surface area (Å²) in [7, 11) is 0. The molecule has 3 rings (SSSR count). The molecule has 0 spiro atoms. The van der Waals surface area contributed by atoms with Crippen LogP contribution in [0.15, 0.2) is 91.0 Å². The molecule has 1 nitrogen and oxygen atoms in total. The Bertz CT molecular complexity index is 752. The predicted molar refractivity (Wildman–Crippen MR) is 142 cm³/mol. The average Bonchev–Trinajstić information content (AvgIpc) is 2.78. The fourth-order valence-electron chi connectivity index (χ4n) is 4.18. The number of hydrogen-bond acceptors (Lipinski definition) is 1. The summed E-state index contributed by atoms with van der Waals surface area (Å²) in [6, 6.07) is 33.3. The van der Waals surface area contributed by atoms with E-state index >= 15 is 0 Å². The van der Waals surface area contributed by atoms with Crippen LogP contribution in [-0.2, 0) is 0 Å². The summed E-state index contributed by atoms with van der Waals surface area (Å²) in [5.74, 6) is 0. The first-order valence-electron chi connectivity index (χ1n) is 10.3. The topological polar surface area (TPSA) is 3.24 Å². The van der Waals surface area contributed by atoms with E-state index in [2.05, 4.69) is 125 Å². The first kappa shape index (κ1) is 24.3. The van der Waals surface area contributed by atoms with Gasteiger partial charge in [0.1, 0.15) is 0 Å². The third kappa shape index (κ3) is 4.85. The molecule has 0 N–H and O–H groups in total. The summed E-state index contributed by atoms with van der Waals surface area (Å²) in [5, 5.41) is 1.48. The Morgan fingerprint density at radius 3 is 1.31 bits per heavy atom. The summed E-state index contributed by atoms with van der Waals surface area (Å²) in [6.07, 6.45) is 2.27. The molecular weight excluding hydrogens is 505 g/mol. The average molecular weight is 537 g/mol. The van der Waals surface area contributed by atoms with Crippen LogP contribution in [0.1, 0.15) is 20.3 Å². The summed E-state index contributed by atoms with van der Waals surface area (Å²) in [5.41, 5.74) is 0. The monoisotopic (exact) mass is 535 g/mol. The molecule has 0 unspecified atom stereocenters. The Morgan fingerprint density at radius 2 is 1.00 bits per heavy atom. The van der Waals surface area contributed by atoms with Gasteiger partial charge in [0.25, 0.3) is 0 Å². The molecule has 0 aromatic heterocycles. The van der Waals surface area contributed by atoms with Crippen LogP contribution in [0.4, 0.5) is 0 Å². The Morgan fingerprint density at radius 1 is 0.655 bits per heavy atom. The van der Waals surface area contributed by atoms with Crippen molar-refractivity contribution >= 4 is 53.7 Å². The number of halogens is 2. The van der Waals surface area contributed by atoms with E-state index in [1.54, 1.807) is 0 Å². The van der Waals surface area contributed by atoms with Gasteiger partial charge in [0.2, 0.25) is 0 Å². The Labute approximate surface area is 195 Å². The third-order valence-corrected chi connectivity index (χ3v) is 15.9. The van der Waals surface area contributed by atoms with Gasteiger partial charge >= 0.3 is 179 Å². The second kappa shape index (κ2) is 10.9. The van der Waals surface area contributed by atoms with Crippen molar-refractivity contribution in [1.82, 2.24) is 4.90 Å². The van der Waals surface area contributed by atoms with Crippen molar-refractivity contribution in [2.45, 2.75) is 20.3 Å². The van der Waals surface area contributed by atoms with Gasteiger partial charge in [0.15, 0.2) is 0 Å². The Hall–Kier alpha value is -0.990. The van der Waals surface area contributed by atoms with Crippen molar-refractivity contribution in [3.8, 4) is 0 Å². The van der Waals surface area contributed by atoms with Gasteiger partial charge in [-0.25, -0.2) is 0 Å². The van der Waals surface area contributed by atoms with Crippen LogP contribution in [0.3, 0.4) is 0 Å². The normalized spacial score (nSPS) is 12.8. The molecule has 0 fully saturated rings. The second-order valence-electron chi connectivity index (χ2n) is 7.29. The molecule has 0 heterocycles. The molecule has 3 aromatic rings. The quantitative estimate of drug-likeness (QED) is 0.297. The van der Waals surface area contributed by atoms with E-state index in [0.29, 0.717) is 0 Å². The van der Waals surface area contributed by atoms with E-state index in [4.69, 9.17) is 0 Å². The summed E-state index contributed by atoms with van der Waals surface area (Å²) >= 11 is 4.52. The molecule has 0 aliphatic rings. The molecule has 156 valence electrons. The van der Waals surface area contributed by atoms with Crippen LogP contribution in [0.2, 0.25) is 0 Å². The molecule has 4 heteroatoms. The van der Waals surface area contributed by atoms with Gasteiger partial charge < -0.3 is 0 Å². The van der Waals surface area contributed by atoms with Crippen LogP contribution in [0, 0.1) is 0 Å². The molecule has 0 atom stereocenters. The maximum absolute atomic E-state index is 4.52. The molecule has 0 aliphatic heterocycles. The summed E-state index contributed by atoms with van der Waals surface area (Å²) in [6.45, 7) is 7.85. The van der Waals surface area contributed by atoms with Gasteiger partial charge in [-0.15, -0.1) is 17.0 Å². The van der Waals surface area contributed by atoms with E-state index < -0.39 is 5.31 Å². The van der Waals surface area contributed by atoms with Crippen molar-refractivity contribution in [2.24, 2.45) is 0 Å². The van der Waals surface area contributed by atoms with Crippen molar-refractivity contribution in [3.63, 3.8) is 0 Å². The minimum atomic E-state index is -2.74. The standard InChI is InChI=1S/C25H31BrNP.BrH/c1-3-27(4-2)21-14-22-28(26,23-15-8-5-9-16-23,24-17-10-6-11-18-24)25-19-12-7-13-20-25;/h5-13,15-20H,3-4,14,21-22H2,1-2H3;1H. The van der Waals surface area contributed by atoms with E-state index in [1.165, 1.54) is 15.9 Å². The molecule has 0 radical (unpaired) electrons. The van der Waals surface area contributed by atoms with Gasteiger partial charge in [-0.2, -0.15) is 0 Å². The SMILES string of the molecule is Br.CCN(CC)CCCP(Br)(c1ccccc1)(c1ccccc1)c1ccccc1. The van der Waals surface area contributed by atoms with E-state index in [9.17, 15) is 0 Å². The molecule has 29 heavy (non-hydrogen) atoms. The first-order chi connectivity index (χ1) is 13.6. The zero-order chi connectivity index (χ0) is 19.9. The number of hydrogen-bond donors (Lipinski definition) is 0. The second-order valence-corrected chi connectivity index (χ2v) is 16.4. The van der Waals surface area contributed by atoms with Crippen molar-refractivity contribution in [2.75, 3.05) is 25.8 Å². The van der Waals surface area contributed by atoms with Crippen LogP contribution in [0.25, 0.3) is 0 Å². The van der Waals surface area contributed by atoms with Crippen molar-refractivity contribution in [3.05, 3.63) is 91.0 Å². The maximum atomic E-state index is 4.52. The van der Waals surface area contributed by atoms with Crippen molar-refractivity contribution < 1.29 is 0 Å². The molecule has 0 amide bonds. The number of rotatable bonds is 9. The van der Waals surface area contributed by atoms with Gasteiger partial charge in [-0.05, 0) is 0 Å². The molecule has 0 saturated heterocycles. The molecule has 0 saturated carbocycles. The van der Waals surface area contributed by atoms with E-state index in [1.807, 2.05) is 0 Å². The Balaban J connectivity index is 0.00000300. The zero-order valence-corrected chi connectivity index (χ0v) is 21.6. The third-order valence-electron chi connectivity index (χ3n) is 5.83. The van der Waals surface area contributed by atoms with E-state index in [0.717, 1.165) is 32.2 Å². The Kier molecular flexibility index (Phi) is 9.10. The predicted octanol–water partition coefficient (Wildman–Crippen LogP) is 6.14. The van der Waals surface area contributed by atoms with Crippen LogP contribution >= 0.6 is 37.8 Å². The molecule has 3 aromatic carbocycles. The zero-order valence-electron chi connectivity index (χ0n) is 17.4. The van der Waals surface area contributed by atoms with Gasteiger partial charge in [0.05, 0.1) is 0 Å². The fraction of sp³-hybridized carbons (Fsp3) is 0.280. The first-order valence-corrected chi connectivity index (χ1v) is 14.7. The van der Waals surface area contributed by atoms with Crippen LogP contribution in [-0.4, -0.2) is 30.7 Å². The van der Waals surface area contributed by atoms with Gasteiger partial charge in [0, 0.05) is 0 Å². The number of benzene rings is 3. The molecule has 0 aliphatic carbocycles. The summed E-state index contributed by atoms with van der Waals surface area (Å²) in [4.78, 5) is 2.52. The molecular formula is C25H32Br2NP. The molecule has 0 bridgehead atoms. The van der Waals surface area contributed by atoms with Crippen LogP contribution in [0.5, 0.6) is 0 Å². The van der Waals surface area contributed by atoms with Gasteiger partial charge in [-0.1, -0.05) is 0 Å². The fourth-order valence-corrected chi connectivity index (χ4v) is 11.8.